The topological polar surface area (TPSA) is 27.1 Å². The fourth-order valence-corrected chi connectivity index (χ4v) is 0.665. The van der Waals surface area contributed by atoms with E-state index in [2.05, 4.69) is 4.98 Å². The zero-order chi connectivity index (χ0) is 8.69. The van der Waals surface area contributed by atoms with E-state index in [0.29, 0.717) is 6.61 Å². The SMILES string of the molecule is CC.COCc1nccn1C. The van der Waals surface area contributed by atoms with Crippen molar-refractivity contribution in [1.82, 2.24) is 9.55 Å². The number of aromatic nitrogens is 2. The van der Waals surface area contributed by atoms with Crippen LogP contribution in [-0.2, 0) is 18.4 Å². The molecule has 1 heterocycles. The van der Waals surface area contributed by atoms with Gasteiger partial charge in [-0.25, -0.2) is 4.98 Å². The molecule has 3 nitrogen and oxygen atoms in total. The fraction of sp³-hybridized carbons (Fsp3) is 0.625. The summed E-state index contributed by atoms with van der Waals surface area (Å²) < 4.78 is 6.82. The molecule has 0 aliphatic carbocycles. The van der Waals surface area contributed by atoms with Crippen LogP contribution in [0.1, 0.15) is 19.7 Å². The van der Waals surface area contributed by atoms with Gasteiger partial charge in [-0.1, -0.05) is 13.8 Å². The van der Waals surface area contributed by atoms with Crippen molar-refractivity contribution in [3.05, 3.63) is 18.2 Å². The molecule has 0 amide bonds. The van der Waals surface area contributed by atoms with Crippen LogP contribution in [0, 0.1) is 0 Å². The Morgan fingerprint density at radius 2 is 2.18 bits per heavy atom. The number of hydrogen-bond acceptors (Lipinski definition) is 2. The van der Waals surface area contributed by atoms with Crippen LogP contribution in [0.15, 0.2) is 12.4 Å². The molecule has 0 N–H and O–H groups in total. The summed E-state index contributed by atoms with van der Waals surface area (Å²) in [5.41, 5.74) is 0. The minimum atomic E-state index is 0.587. The molecule has 0 aliphatic rings. The summed E-state index contributed by atoms with van der Waals surface area (Å²) in [5, 5.41) is 0. The Morgan fingerprint density at radius 1 is 1.55 bits per heavy atom. The summed E-state index contributed by atoms with van der Waals surface area (Å²) in [4.78, 5) is 4.04. The zero-order valence-electron chi connectivity index (χ0n) is 7.66. The van der Waals surface area contributed by atoms with Crippen molar-refractivity contribution in [2.45, 2.75) is 20.5 Å². The molecule has 0 aromatic carbocycles. The number of hydrogen-bond donors (Lipinski definition) is 0. The lowest BCUT2D eigenvalue weighted by Gasteiger charge is -1.96. The highest BCUT2D eigenvalue weighted by molar-refractivity contribution is 4.88. The van der Waals surface area contributed by atoms with Gasteiger partial charge in [-0.3, -0.25) is 0 Å². The molecule has 0 spiro atoms. The Balaban J connectivity index is 0.000000461. The second-order valence-corrected chi connectivity index (χ2v) is 1.89. The first-order chi connectivity index (χ1) is 5.34. The van der Waals surface area contributed by atoms with Crippen LogP contribution in [0.3, 0.4) is 0 Å². The molecule has 64 valence electrons. The van der Waals surface area contributed by atoms with Crippen LogP contribution < -0.4 is 0 Å². The van der Waals surface area contributed by atoms with E-state index in [-0.39, 0.29) is 0 Å². The summed E-state index contributed by atoms with van der Waals surface area (Å²) in [7, 11) is 3.61. The van der Waals surface area contributed by atoms with E-state index in [4.69, 9.17) is 4.74 Å². The smallest absolute Gasteiger partial charge is 0.134 e. The quantitative estimate of drug-likeness (QED) is 0.650. The van der Waals surface area contributed by atoms with Crippen molar-refractivity contribution < 1.29 is 4.74 Å². The van der Waals surface area contributed by atoms with E-state index in [1.807, 2.05) is 31.7 Å². The van der Waals surface area contributed by atoms with Crippen molar-refractivity contribution in [2.24, 2.45) is 7.05 Å². The first-order valence-electron chi connectivity index (χ1n) is 3.79. The molecule has 0 radical (unpaired) electrons. The van der Waals surface area contributed by atoms with Gasteiger partial charge in [-0.2, -0.15) is 0 Å². The highest BCUT2D eigenvalue weighted by Gasteiger charge is 1.94. The summed E-state index contributed by atoms with van der Waals surface area (Å²) in [6.07, 6.45) is 3.66. The van der Waals surface area contributed by atoms with Crippen molar-refractivity contribution in [3.8, 4) is 0 Å². The van der Waals surface area contributed by atoms with E-state index in [1.165, 1.54) is 0 Å². The zero-order valence-corrected chi connectivity index (χ0v) is 7.66. The minimum absolute atomic E-state index is 0.587. The van der Waals surface area contributed by atoms with E-state index in [1.54, 1.807) is 13.3 Å². The second-order valence-electron chi connectivity index (χ2n) is 1.89. The van der Waals surface area contributed by atoms with E-state index in [0.717, 1.165) is 5.82 Å². The van der Waals surface area contributed by atoms with Gasteiger partial charge in [0.2, 0.25) is 0 Å². The number of aryl methyl sites for hydroxylation is 1. The van der Waals surface area contributed by atoms with Gasteiger partial charge in [0.05, 0.1) is 0 Å². The predicted molar refractivity (Wildman–Crippen MR) is 45.3 cm³/mol. The maximum Gasteiger partial charge on any atom is 0.134 e. The van der Waals surface area contributed by atoms with Gasteiger partial charge >= 0.3 is 0 Å². The number of ether oxygens (including phenoxy) is 1. The average Bonchev–Trinajstić information content (AvgIpc) is 2.42. The Bertz CT molecular complexity index is 184. The summed E-state index contributed by atoms with van der Waals surface area (Å²) in [6, 6.07) is 0. The monoisotopic (exact) mass is 156 g/mol. The van der Waals surface area contributed by atoms with Crippen molar-refractivity contribution >= 4 is 0 Å². The van der Waals surface area contributed by atoms with Crippen LogP contribution >= 0.6 is 0 Å². The van der Waals surface area contributed by atoms with Gasteiger partial charge in [-0.15, -0.1) is 0 Å². The lowest BCUT2D eigenvalue weighted by Crippen LogP contribution is -1.97. The van der Waals surface area contributed by atoms with E-state index < -0.39 is 0 Å². The summed E-state index contributed by atoms with van der Waals surface area (Å²) in [5.74, 6) is 0.956. The highest BCUT2D eigenvalue weighted by Crippen LogP contribution is 1.93. The van der Waals surface area contributed by atoms with Crippen molar-refractivity contribution in [1.29, 1.82) is 0 Å². The van der Waals surface area contributed by atoms with Crippen molar-refractivity contribution in [2.75, 3.05) is 7.11 Å². The highest BCUT2D eigenvalue weighted by atomic mass is 16.5. The third-order valence-electron chi connectivity index (χ3n) is 1.19. The number of rotatable bonds is 2. The predicted octanol–water partition coefficient (Wildman–Crippen LogP) is 1.59. The molecule has 1 rings (SSSR count). The lowest BCUT2D eigenvalue weighted by molar-refractivity contribution is 0.175. The Kier molecular flexibility index (Phi) is 5.47. The summed E-state index contributed by atoms with van der Waals surface area (Å²) >= 11 is 0. The maximum atomic E-state index is 4.88. The Hall–Kier alpha value is -0.830. The van der Waals surface area contributed by atoms with E-state index in [9.17, 15) is 0 Å². The Morgan fingerprint density at radius 3 is 2.55 bits per heavy atom. The van der Waals surface area contributed by atoms with Gasteiger partial charge in [0, 0.05) is 26.6 Å². The fourth-order valence-electron chi connectivity index (χ4n) is 0.665. The molecule has 0 saturated heterocycles. The molecule has 1 aromatic rings. The third kappa shape index (κ3) is 3.18. The van der Waals surface area contributed by atoms with Crippen LogP contribution in [0.4, 0.5) is 0 Å². The van der Waals surface area contributed by atoms with Gasteiger partial charge in [0.1, 0.15) is 12.4 Å². The van der Waals surface area contributed by atoms with Crippen LogP contribution in [0.5, 0.6) is 0 Å². The molecule has 0 fully saturated rings. The lowest BCUT2D eigenvalue weighted by atomic mass is 10.6. The maximum absolute atomic E-state index is 4.88. The van der Waals surface area contributed by atoms with E-state index >= 15 is 0 Å². The van der Waals surface area contributed by atoms with Gasteiger partial charge in [0.25, 0.3) is 0 Å². The molecule has 0 unspecified atom stereocenters. The largest absolute Gasteiger partial charge is 0.377 e. The number of nitrogens with zero attached hydrogens (tertiary/aromatic N) is 2. The van der Waals surface area contributed by atoms with Crippen LogP contribution in [0.25, 0.3) is 0 Å². The first kappa shape index (κ1) is 10.2. The molecule has 11 heavy (non-hydrogen) atoms. The third-order valence-corrected chi connectivity index (χ3v) is 1.19. The molecular formula is C8H16N2O. The van der Waals surface area contributed by atoms with Gasteiger partial charge < -0.3 is 9.30 Å². The average molecular weight is 156 g/mol. The molecule has 0 atom stereocenters. The number of imidazole rings is 1. The Labute approximate surface area is 68.0 Å². The molecule has 3 heteroatoms. The molecule has 0 saturated carbocycles. The van der Waals surface area contributed by atoms with Crippen LogP contribution in [-0.4, -0.2) is 16.7 Å². The molecule has 0 aliphatic heterocycles. The number of methoxy groups -OCH3 is 1. The van der Waals surface area contributed by atoms with Crippen molar-refractivity contribution in [3.63, 3.8) is 0 Å². The standard InChI is InChI=1S/C6H10N2O.C2H6/c1-8-4-3-7-6(8)5-9-2;1-2/h3-4H,5H2,1-2H3;1-2H3. The van der Waals surface area contributed by atoms with Crippen LogP contribution in [0.2, 0.25) is 0 Å². The van der Waals surface area contributed by atoms with Gasteiger partial charge in [-0.05, 0) is 0 Å². The van der Waals surface area contributed by atoms with Gasteiger partial charge in [0.15, 0.2) is 0 Å². The summed E-state index contributed by atoms with van der Waals surface area (Å²) in [6.45, 7) is 4.59. The normalized spacial score (nSPS) is 8.73. The molecule has 0 bridgehead atoms. The molecular weight excluding hydrogens is 140 g/mol. The first-order valence-corrected chi connectivity index (χ1v) is 3.79. The minimum Gasteiger partial charge on any atom is -0.377 e. The second kappa shape index (κ2) is 5.92. The molecule has 1 aromatic heterocycles.